The molecule has 0 spiro atoms. The molecule has 1 aliphatic heterocycles. The summed E-state index contributed by atoms with van der Waals surface area (Å²) in [5.74, 6) is 0. The molecule has 0 N–H and O–H groups in total. The van der Waals surface area contributed by atoms with Gasteiger partial charge in [-0.05, 0) is 6.92 Å². The van der Waals surface area contributed by atoms with E-state index in [1.165, 1.54) is 0 Å². The lowest BCUT2D eigenvalue weighted by Gasteiger charge is -2.10. The van der Waals surface area contributed by atoms with Gasteiger partial charge in [0.25, 0.3) is 0 Å². The average molecular weight is 167 g/mol. The van der Waals surface area contributed by atoms with Gasteiger partial charge in [0.15, 0.2) is 0 Å². The maximum absolute atomic E-state index is 4.28. The first-order chi connectivity index (χ1) is 5.01. The SMILES string of the molecule is CC1=C(S)C=CC(C)(C)C=N1. The number of nitrogens with zero attached hydrogens (tertiary/aromatic N) is 1. The van der Waals surface area contributed by atoms with Crippen LogP contribution in [0.1, 0.15) is 20.8 Å². The molecule has 1 heterocycles. The summed E-state index contributed by atoms with van der Waals surface area (Å²) in [5, 5.41) is 0. The van der Waals surface area contributed by atoms with E-state index in [0.717, 1.165) is 10.6 Å². The van der Waals surface area contributed by atoms with E-state index in [1.807, 2.05) is 19.2 Å². The van der Waals surface area contributed by atoms with Crippen molar-refractivity contribution in [2.24, 2.45) is 10.4 Å². The van der Waals surface area contributed by atoms with Crippen LogP contribution in [0.25, 0.3) is 0 Å². The molecule has 1 nitrogen and oxygen atoms in total. The Labute approximate surface area is 73.3 Å². The topological polar surface area (TPSA) is 12.4 Å². The molecule has 0 saturated heterocycles. The summed E-state index contributed by atoms with van der Waals surface area (Å²) >= 11 is 4.28. The monoisotopic (exact) mass is 167 g/mol. The van der Waals surface area contributed by atoms with Gasteiger partial charge in [-0.3, -0.25) is 4.99 Å². The third-order valence-corrected chi connectivity index (χ3v) is 2.11. The summed E-state index contributed by atoms with van der Waals surface area (Å²) in [6.07, 6.45) is 6.06. The largest absolute Gasteiger partial charge is 0.264 e. The highest BCUT2D eigenvalue weighted by Crippen LogP contribution is 2.22. The molecule has 0 aliphatic carbocycles. The normalized spacial score (nSPS) is 22.2. The summed E-state index contributed by atoms with van der Waals surface area (Å²) in [5.41, 5.74) is 1.04. The molecular weight excluding hydrogens is 154 g/mol. The molecule has 60 valence electrons. The molecular formula is C9H13NS. The van der Waals surface area contributed by atoms with Crippen LogP contribution in [0.3, 0.4) is 0 Å². The van der Waals surface area contributed by atoms with Gasteiger partial charge in [-0.25, -0.2) is 0 Å². The molecule has 1 aliphatic rings. The van der Waals surface area contributed by atoms with Crippen LogP contribution in [0.15, 0.2) is 27.7 Å². The number of allylic oxidation sites excluding steroid dienone is 3. The van der Waals surface area contributed by atoms with Crippen molar-refractivity contribution in [3.63, 3.8) is 0 Å². The molecule has 0 saturated carbocycles. The Balaban J connectivity index is 3.01. The number of hydrogen-bond donors (Lipinski definition) is 1. The van der Waals surface area contributed by atoms with E-state index in [2.05, 4.69) is 37.5 Å². The fraction of sp³-hybridized carbons (Fsp3) is 0.444. The van der Waals surface area contributed by atoms with Crippen LogP contribution in [-0.2, 0) is 0 Å². The minimum absolute atomic E-state index is 0.0613. The number of thiol groups is 1. The molecule has 0 aromatic carbocycles. The van der Waals surface area contributed by atoms with Gasteiger partial charge in [-0.15, -0.1) is 12.6 Å². The van der Waals surface area contributed by atoms with E-state index in [4.69, 9.17) is 0 Å². The molecule has 0 bridgehead atoms. The van der Waals surface area contributed by atoms with E-state index < -0.39 is 0 Å². The van der Waals surface area contributed by atoms with Gasteiger partial charge in [0.05, 0.1) is 5.70 Å². The van der Waals surface area contributed by atoms with Crippen LogP contribution in [0, 0.1) is 5.41 Å². The van der Waals surface area contributed by atoms with E-state index in [0.29, 0.717) is 0 Å². The number of hydrogen-bond acceptors (Lipinski definition) is 2. The summed E-state index contributed by atoms with van der Waals surface area (Å²) in [7, 11) is 0. The highest BCUT2D eigenvalue weighted by Gasteiger charge is 2.12. The zero-order valence-corrected chi connectivity index (χ0v) is 8.02. The second-order valence-corrected chi connectivity index (χ2v) is 3.87. The number of aliphatic imine (C=N–C) groups is 1. The highest BCUT2D eigenvalue weighted by atomic mass is 32.1. The van der Waals surface area contributed by atoms with E-state index in [9.17, 15) is 0 Å². The molecule has 0 radical (unpaired) electrons. The smallest absolute Gasteiger partial charge is 0.0502 e. The zero-order valence-electron chi connectivity index (χ0n) is 7.13. The van der Waals surface area contributed by atoms with Gasteiger partial charge >= 0.3 is 0 Å². The van der Waals surface area contributed by atoms with Crippen molar-refractivity contribution >= 4 is 18.8 Å². The van der Waals surface area contributed by atoms with Crippen LogP contribution >= 0.6 is 12.6 Å². The van der Waals surface area contributed by atoms with Gasteiger partial charge in [0.2, 0.25) is 0 Å². The first-order valence-corrected chi connectivity index (χ1v) is 4.10. The Morgan fingerprint density at radius 3 is 2.73 bits per heavy atom. The fourth-order valence-corrected chi connectivity index (χ4v) is 0.919. The van der Waals surface area contributed by atoms with Gasteiger partial charge < -0.3 is 0 Å². The molecule has 0 aromatic rings. The molecule has 11 heavy (non-hydrogen) atoms. The molecule has 0 atom stereocenters. The average Bonchev–Trinajstić information content (AvgIpc) is 2.03. The zero-order chi connectivity index (χ0) is 8.48. The minimum Gasteiger partial charge on any atom is -0.264 e. The van der Waals surface area contributed by atoms with Crippen molar-refractivity contribution in [2.75, 3.05) is 0 Å². The summed E-state index contributed by atoms with van der Waals surface area (Å²) in [4.78, 5) is 5.22. The standard InChI is InChI=1S/C9H13NS/c1-7-8(11)4-5-9(2,3)6-10-7/h4-6,11H,1-3H3. The molecule has 2 heteroatoms. The molecule has 0 aromatic heterocycles. The van der Waals surface area contributed by atoms with Gasteiger partial charge in [-0.2, -0.15) is 0 Å². The predicted molar refractivity (Wildman–Crippen MR) is 53.1 cm³/mol. The Morgan fingerprint density at radius 2 is 2.09 bits per heavy atom. The Bertz CT molecular complexity index is 222. The maximum atomic E-state index is 4.28. The van der Waals surface area contributed by atoms with Crippen LogP contribution in [0.5, 0.6) is 0 Å². The van der Waals surface area contributed by atoms with Crippen molar-refractivity contribution in [1.29, 1.82) is 0 Å². The lowest BCUT2D eigenvalue weighted by atomic mass is 9.95. The minimum atomic E-state index is 0.0613. The quantitative estimate of drug-likeness (QED) is 0.533. The summed E-state index contributed by atoms with van der Waals surface area (Å²) < 4.78 is 0. The summed E-state index contributed by atoms with van der Waals surface area (Å²) in [6, 6.07) is 0. The Hall–Kier alpha value is -0.500. The third-order valence-electron chi connectivity index (χ3n) is 1.63. The van der Waals surface area contributed by atoms with Crippen LogP contribution < -0.4 is 0 Å². The Kier molecular flexibility index (Phi) is 2.23. The van der Waals surface area contributed by atoms with E-state index in [-0.39, 0.29) is 5.41 Å². The van der Waals surface area contributed by atoms with Gasteiger partial charge in [-0.1, -0.05) is 26.0 Å². The second kappa shape index (κ2) is 2.86. The van der Waals surface area contributed by atoms with Crippen molar-refractivity contribution < 1.29 is 0 Å². The molecule has 1 rings (SSSR count). The predicted octanol–water partition coefficient (Wildman–Crippen LogP) is 2.81. The Morgan fingerprint density at radius 1 is 1.45 bits per heavy atom. The van der Waals surface area contributed by atoms with Crippen molar-refractivity contribution in [3.8, 4) is 0 Å². The van der Waals surface area contributed by atoms with Crippen molar-refractivity contribution in [3.05, 3.63) is 22.8 Å². The van der Waals surface area contributed by atoms with Crippen LogP contribution in [-0.4, -0.2) is 6.21 Å². The van der Waals surface area contributed by atoms with Crippen LogP contribution in [0.2, 0.25) is 0 Å². The first kappa shape index (κ1) is 8.60. The lowest BCUT2D eigenvalue weighted by Crippen LogP contribution is -2.07. The molecule has 0 fully saturated rings. The molecule has 0 unspecified atom stereocenters. The third kappa shape index (κ3) is 2.22. The van der Waals surface area contributed by atoms with Crippen LogP contribution in [0.4, 0.5) is 0 Å². The van der Waals surface area contributed by atoms with Crippen molar-refractivity contribution in [1.82, 2.24) is 0 Å². The van der Waals surface area contributed by atoms with Crippen molar-refractivity contribution in [2.45, 2.75) is 20.8 Å². The van der Waals surface area contributed by atoms with E-state index >= 15 is 0 Å². The highest BCUT2D eigenvalue weighted by molar-refractivity contribution is 7.84. The first-order valence-electron chi connectivity index (χ1n) is 3.65. The molecule has 0 amide bonds. The second-order valence-electron chi connectivity index (χ2n) is 3.38. The fourth-order valence-electron chi connectivity index (χ4n) is 0.787. The maximum Gasteiger partial charge on any atom is 0.0502 e. The number of rotatable bonds is 0. The lowest BCUT2D eigenvalue weighted by molar-refractivity contribution is 0.694. The van der Waals surface area contributed by atoms with Gasteiger partial charge in [0, 0.05) is 16.5 Å². The van der Waals surface area contributed by atoms with E-state index in [1.54, 1.807) is 0 Å². The van der Waals surface area contributed by atoms with Gasteiger partial charge in [0.1, 0.15) is 0 Å². The summed E-state index contributed by atoms with van der Waals surface area (Å²) in [6.45, 7) is 6.20.